The van der Waals surface area contributed by atoms with Gasteiger partial charge >= 0.3 is 10.4 Å². The van der Waals surface area contributed by atoms with Crippen LogP contribution in [-0.2, 0) is 28.8 Å². The van der Waals surface area contributed by atoms with Crippen molar-refractivity contribution in [2.24, 2.45) is 52.3 Å². The van der Waals surface area contributed by atoms with E-state index in [0.29, 0.717) is 38.2 Å². The SMILES string of the molecule is CO[C@@H]1CO[C@@H](OCCC(CCC(C)C2C(O)C(O)C3C4(O)CC(OS(=O)(=O)O)C5C(O)C(O)CC[C@]5(C)C4CC[C@]23C)C(C)C)C(O)C1O. The predicted octanol–water partition coefficient (Wildman–Crippen LogP) is 1.02. The monoisotopic (exact) mass is 738 g/mol. The van der Waals surface area contributed by atoms with Gasteiger partial charge in [-0.1, -0.05) is 41.0 Å². The number of aliphatic hydroxyl groups excluding tert-OH is 6. The van der Waals surface area contributed by atoms with Gasteiger partial charge in [0.2, 0.25) is 0 Å². The lowest BCUT2D eigenvalue weighted by atomic mass is 9.41. The fourth-order valence-electron chi connectivity index (χ4n) is 11.8. The summed E-state index contributed by atoms with van der Waals surface area (Å²) in [4.78, 5) is 0. The first kappa shape index (κ1) is 40.7. The third kappa shape index (κ3) is 7.18. The number of rotatable bonds is 12. The smallest absolute Gasteiger partial charge is 0.390 e. The molecule has 5 rings (SSSR count). The summed E-state index contributed by atoms with van der Waals surface area (Å²) in [6.07, 6.45) is -6.63. The summed E-state index contributed by atoms with van der Waals surface area (Å²) >= 11 is 0. The molecule has 15 heteroatoms. The summed E-state index contributed by atoms with van der Waals surface area (Å²) in [7, 11) is -3.56. The van der Waals surface area contributed by atoms with Gasteiger partial charge in [0.15, 0.2) is 6.29 Å². The van der Waals surface area contributed by atoms with Crippen LogP contribution in [0.15, 0.2) is 0 Å². The van der Waals surface area contributed by atoms with Crippen molar-refractivity contribution in [2.75, 3.05) is 20.3 Å². The van der Waals surface area contributed by atoms with Gasteiger partial charge in [0, 0.05) is 25.4 Å². The van der Waals surface area contributed by atoms with Gasteiger partial charge in [-0.2, -0.15) is 8.42 Å². The minimum atomic E-state index is -5.00. The average molecular weight is 739 g/mol. The molecule has 292 valence electrons. The van der Waals surface area contributed by atoms with Gasteiger partial charge in [-0.15, -0.1) is 0 Å². The van der Waals surface area contributed by atoms with Crippen LogP contribution in [0.5, 0.6) is 0 Å². The molecule has 0 aromatic carbocycles. The van der Waals surface area contributed by atoms with Crippen molar-refractivity contribution in [3.63, 3.8) is 0 Å². The van der Waals surface area contributed by atoms with E-state index in [0.717, 1.165) is 12.8 Å². The van der Waals surface area contributed by atoms with Crippen LogP contribution in [0.3, 0.4) is 0 Å². The number of methoxy groups -OCH3 is 1. The second-order valence-corrected chi connectivity index (χ2v) is 18.2. The van der Waals surface area contributed by atoms with Crippen molar-refractivity contribution < 1.29 is 67.1 Å². The molecular weight excluding hydrogens is 676 g/mol. The third-order valence-corrected chi connectivity index (χ3v) is 14.7. The predicted molar refractivity (Wildman–Crippen MR) is 179 cm³/mol. The van der Waals surface area contributed by atoms with Crippen LogP contribution in [0, 0.1) is 52.3 Å². The molecule has 4 aliphatic carbocycles. The van der Waals surface area contributed by atoms with Crippen LogP contribution in [0.25, 0.3) is 0 Å². The van der Waals surface area contributed by atoms with E-state index >= 15 is 0 Å². The minimum Gasteiger partial charge on any atom is -0.390 e. The highest BCUT2D eigenvalue weighted by molar-refractivity contribution is 7.80. The van der Waals surface area contributed by atoms with Crippen LogP contribution >= 0.6 is 0 Å². The summed E-state index contributed by atoms with van der Waals surface area (Å²) in [5.74, 6) is -2.15. The summed E-state index contributed by atoms with van der Waals surface area (Å²) in [6, 6.07) is 0. The van der Waals surface area contributed by atoms with Gasteiger partial charge in [0.25, 0.3) is 0 Å². The lowest BCUT2D eigenvalue weighted by Gasteiger charge is -2.66. The summed E-state index contributed by atoms with van der Waals surface area (Å²) in [5, 5.41) is 78.6. The Morgan fingerprint density at radius 2 is 1.50 bits per heavy atom. The van der Waals surface area contributed by atoms with Crippen molar-refractivity contribution in [3.05, 3.63) is 0 Å². The van der Waals surface area contributed by atoms with Crippen LogP contribution in [0.2, 0.25) is 0 Å². The maximum Gasteiger partial charge on any atom is 0.397 e. The van der Waals surface area contributed by atoms with E-state index in [4.69, 9.17) is 18.4 Å². The minimum absolute atomic E-state index is 0.0648. The fraction of sp³-hybridized carbons (Fsp3) is 1.00. The highest BCUT2D eigenvalue weighted by Gasteiger charge is 2.74. The van der Waals surface area contributed by atoms with Crippen molar-refractivity contribution in [3.8, 4) is 0 Å². The van der Waals surface area contributed by atoms with Gasteiger partial charge in [0.1, 0.15) is 18.3 Å². The van der Waals surface area contributed by atoms with Crippen molar-refractivity contribution in [1.82, 2.24) is 0 Å². The number of ether oxygens (including phenoxy) is 3. The number of hydrogen-bond donors (Lipinski definition) is 8. The van der Waals surface area contributed by atoms with Crippen molar-refractivity contribution in [1.29, 1.82) is 0 Å². The molecule has 50 heavy (non-hydrogen) atoms. The molecule has 0 aromatic rings. The Balaban J connectivity index is 1.31. The molecule has 14 nitrogen and oxygen atoms in total. The van der Waals surface area contributed by atoms with Gasteiger partial charge in [-0.25, -0.2) is 4.18 Å². The first-order chi connectivity index (χ1) is 23.2. The van der Waals surface area contributed by atoms with Crippen LogP contribution in [-0.4, -0.2) is 130 Å². The Bertz CT molecular complexity index is 1270. The Kier molecular flexibility index (Phi) is 12.2. The van der Waals surface area contributed by atoms with E-state index < -0.39 is 99.7 Å². The highest BCUT2D eigenvalue weighted by atomic mass is 32.3. The number of aliphatic hydroxyl groups is 7. The zero-order valence-corrected chi connectivity index (χ0v) is 31.1. The average Bonchev–Trinajstić information content (AvgIpc) is 3.22. The molecule has 1 saturated heterocycles. The Hall–Kier alpha value is -0.530. The van der Waals surface area contributed by atoms with Crippen LogP contribution in [0.4, 0.5) is 0 Å². The molecule has 14 unspecified atom stereocenters. The second kappa shape index (κ2) is 15.0. The maximum atomic E-state index is 12.8. The van der Waals surface area contributed by atoms with E-state index in [1.165, 1.54) is 7.11 Å². The first-order valence-corrected chi connectivity index (χ1v) is 19.8. The summed E-state index contributed by atoms with van der Waals surface area (Å²) in [5.41, 5.74) is -3.30. The Morgan fingerprint density at radius 1 is 0.840 bits per heavy atom. The molecule has 0 amide bonds. The lowest BCUT2D eigenvalue weighted by molar-refractivity contribution is -0.277. The molecular formula is C35H62O14S. The molecule has 1 heterocycles. The second-order valence-electron chi connectivity index (χ2n) is 17.1. The van der Waals surface area contributed by atoms with Crippen molar-refractivity contribution >= 4 is 10.4 Å². The molecule has 5 fully saturated rings. The Labute approximate surface area is 296 Å². The number of hydrogen-bond acceptors (Lipinski definition) is 13. The van der Waals surface area contributed by atoms with E-state index in [1.54, 1.807) is 0 Å². The first-order valence-electron chi connectivity index (χ1n) is 18.4. The quantitative estimate of drug-likeness (QED) is 0.131. The van der Waals surface area contributed by atoms with E-state index in [1.807, 2.05) is 13.8 Å². The molecule has 18 atom stereocenters. The fourth-order valence-corrected chi connectivity index (χ4v) is 12.3. The van der Waals surface area contributed by atoms with Crippen LogP contribution in [0.1, 0.15) is 86.0 Å². The molecule has 0 radical (unpaired) electrons. The standard InChI is InChI=1S/C35H62O14S/c1-17(2)19(11-14-47-32-30(41)27(38)22(46-6)16-48-32)8-7-18(3)24-28(39)29(40)31-34(24,5)13-10-23-33(4)12-9-20(36)26(37)25(33)21(15-35(23,31)42)49-50(43,44)45/h17-32,36-42H,7-16H2,1-6H3,(H,43,44,45)/t18?,19?,20?,21?,22-,23?,24?,25?,26?,27?,28?,29?,30?,31?,32-,33-,34-,35?/m1/s1. The maximum absolute atomic E-state index is 12.8. The Morgan fingerprint density at radius 3 is 2.12 bits per heavy atom. The normalized spacial score (nSPS) is 49.2. The van der Waals surface area contributed by atoms with Gasteiger partial charge in [-0.3, -0.25) is 4.55 Å². The molecule has 0 spiro atoms. The largest absolute Gasteiger partial charge is 0.397 e. The van der Waals surface area contributed by atoms with Crippen molar-refractivity contribution in [2.45, 2.75) is 147 Å². The van der Waals surface area contributed by atoms with E-state index in [-0.39, 0.29) is 37.2 Å². The topological polar surface area (TPSA) is 233 Å². The van der Waals surface area contributed by atoms with Gasteiger partial charge in [0.05, 0.1) is 49.3 Å². The molecule has 0 bridgehead atoms. The molecule has 5 aliphatic rings. The molecule has 1 aliphatic heterocycles. The lowest BCUT2D eigenvalue weighted by Crippen LogP contribution is -2.71. The molecule has 4 saturated carbocycles. The summed E-state index contributed by atoms with van der Waals surface area (Å²) in [6.45, 7) is 10.6. The van der Waals surface area contributed by atoms with Crippen LogP contribution < -0.4 is 0 Å². The zero-order chi connectivity index (χ0) is 37.1. The van der Waals surface area contributed by atoms with Gasteiger partial charge < -0.3 is 50.0 Å². The van der Waals surface area contributed by atoms with E-state index in [2.05, 4.69) is 20.8 Å². The third-order valence-electron chi connectivity index (χ3n) is 14.2. The molecule has 8 N–H and O–H groups in total. The number of fused-ring (bicyclic) bond motifs is 5. The highest BCUT2D eigenvalue weighted by Crippen LogP contribution is 2.70. The van der Waals surface area contributed by atoms with E-state index in [9.17, 15) is 48.7 Å². The summed E-state index contributed by atoms with van der Waals surface area (Å²) < 4.78 is 55.5. The van der Waals surface area contributed by atoms with Gasteiger partial charge in [-0.05, 0) is 78.9 Å². The zero-order valence-electron chi connectivity index (χ0n) is 30.2. The molecule has 0 aromatic heterocycles.